The van der Waals surface area contributed by atoms with Crippen LogP contribution in [0.1, 0.15) is 28.3 Å². The van der Waals surface area contributed by atoms with E-state index in [1.165, 1.54) is 22.3 Å². The molecular weight excluding hydrogens is 532 g/mol. The minimum Gasteiger partial charge on any atom is -0.503 e. The van der Waals surface area contributed by atoms with Gasteiger partial charge in [0.25, 0.3) is 5.91 Å². The van der Waals surface area contributed by atoms with Gasteiger partial charge >= 0.3 is 0 Å². The summed E-state index contributed by atoms with van der Waals surface area (Å²) in [7, 11) is 0. The average Bonchev–Trinajstić information content (AvgIpc) is 3.51. The number of aliphatic hydroxyl groups is 1. The zero-order chi connectivity index (χ0) is 28.5. The van der Waals surface area contributed by atoms with Crippen LogP contribution in [-0.2, 0) is 9.59 Å². The van der Waals surface area contributed by atoms with Crippen LogP contribution in [0.2, 0.25) is 0 Å². The molecule has 5 aromatic rings. The third-order valence-electron chi connectivity index (χ3n) is 6.88. The number of nitrogens with zero attached hydrogens (tertiary/aromatic N) is 2. The smallest absolute Gasteiger partial charge is 0.296 e. The molecule has 0 spiro atoms. The molecule has 2 heterocycles. The minimum atomic E-state index is -0.906. The van der Waals surface area contributed by atoms with Gasteiger partial charge in [-0.25, -0.2) is 4.98 Å². The Kier molecular flexibility index (Phi) is 6.95. The summed E-state index contributed by atoms with van der Waals surface area (Å²) in [5, 5.41) is 11.5. The first-order valence-corrected chi connectivity index (χ1v) is 14.0. The summed E-state index contributed by atoms with van der Waals surface area (Å²) in [6.45, 7) is 3.99. The molecule has 0 radical (unpaired) electrons. The number of carbonyl (C=O) groups is 2. The van der Waals surface area contributed by atoms with E-state index in [9.17, 15) is 14.7 Å². The topological polar surface area (TPSA) is 79.7 Å². The van der Waals surface area contributed by atoms with Crippen molar-refractivity contribution in [2.75, 3.05) is 4.90 Å². The molecule has 1 N–H and O–H groups in total. The van der Waals surface area contributed by atoms with E-state index in [2.05, 4.69) is 0 Å². The molecule has 1 atom stereocenters. The predicted molar refractivity (Wildman–Crippen MR) is 162 cm³/mol. The van der Waals surface area contributed by atoms with Gasteiger partial charge in [0.05, 0.1) is 21.8 Å². The van der Waals surface area contributed by atoms with Crippen LogP contribution in [0.3, 0.4) is 0 Å². The van der Waals surface area contributed by atoms with Crippen LogP contribution in [-0.4, -0.2) is 21.8 Å². The fraction of sp³-hybridized carbons (Fsp3) is 0.0882. The molecule has 1 aromatic heterocycles. The van der Waals surface area contributed by atoms with Gasteiger partial charge in [0.2, 0.25) is 0 Å². The summed E-state index contributed by atoms with van der Waals surface area (Å²) in [6, 6.07) is 29.1. The number of aliphatic hydroxyl groups excluding tert-OH is 1. The normalized spacial score (nSPS) is 15.3. The molecule has 202 valence electrons. The number of hydrogen-bond acceptors (Lipinski definition) is 6. The van der Waals surface area contributed by atoms with Gasteiger partial charge in [-0.05, 0) is 72.5 Å². The van der Waals surface area contributed by atoms with E-state index in [0.717, 1.165) is 26.9 Å². The lowest BCUT2D eigenvalue weighted by Gasteiger charge is -2.24. The number of allylic oxidation sites excluding steroid dienone is 1. The van der Waals surface area contributed by atoms with Crippen molar-refractivity contribution < 1.29 is 19.4 Å². The highest BCUT2D eigenvalue weighted by Crippen LogP contribution is 2.44. The van der Waals surface area contributed by atoms with E-state index >= 15 is 0 Å². The lowest BCUT2D eigenvalue weighted by atomic mass is 9.95. The van der Waals surface area contributed by atoms with E-state index in [1.807, 2.05) is 98.8 Å². The lowest BCUT2D eigenvalue weighted by Crippen LogP contribution is -2.30. The second-order valence-corrected chi connectivity index (χ2v) is 10.9. The molecule has 7 heteroatoms. The number of fused-ring (bicyclic) bond motifs is 1. The number of aromatic nitrogens is 1. The molecular formula is C34H26N2O4S. The molecule has 1 unspecified atom stereocenters. The van der Waals surface area contributed by atoms with Gasteiger partial charge < -0.3 is 9.84 Å². The highest BCUT2D eigenvalue weighted by Gasteiger charge is 2.45. The molecule has 6 nitrogen and oxygen atoms in total. The highest BCUT2D eigenvalue weighted by molar-refractivity contribution is 7.22. The van der Waals surface area contributed by atoms with Gasteiger partial charge in [-0.3, -0.25) is 14.5 Å². The van der Waals surface area contributed by atoms with Crippen LogP contribution < -0.4 is 9.64 Å². The molecule has 0 bridgehead atoms. The fourth-order valence-corrected chi connectivity index (χ4v) is 6.20. The van der Waals surface area contributed by atoms with Crippen LogP contribution in [0, 0.1) is 13.8 Å². The van der Waals surface area contributed by atoms with Crippen LogP contribution in [0.4, 0.5) is 5.13 Å². The van der Waals surface area contributed by atoms with Crippen molar-refractivity contribution in [3.63, 3.8) is 0 Å². The van der Waals surface area contributed by atoms with Crippen molar-refractivity contribution in [1.82, 2.24) is 4.98 Å². The Hall–Kier alpha value is -5.01. The molecule has 41 heavy (non-hydrogen) atoms. The molecule has 6 rings (SSSR count). The SMILES string of the molecule is Cc1cc(C)c2nc(N3C(=O)C(O)=C(C(=O)C=Cc4ccccc4)C3c3cccc(Oc4ccccc4)c3)sc2c1. The maximum atomic E-state index is 13.7. The van der Waals surface area contributed by atoms with Crippen molar-refractivity contribution in [1.29, 1.82) is 0 Å². The van der Waals surface area contributed by atoms with Crippen LogP contribution in [0.5, 0.6) is 11.5 Å². The number of aryl methyl sites for hydroxylation is 2. The number of carbonyl (C=O) groups excluding carboxylic acids is 2. The molecule has 1 amide bonds. The van der Waals surface area contributed by atoms with Crippen molar-refractivity contribution >= 4 is 44.5 Å². The monoisotopic (exact) mass is 558 g/mol. The third-order valence-corrected chi connectivity index (χ3v) is 7.88. The number of benzene rings is 4. The number of rotatable bonds is 7. The maximum absolute atomic E-state index is 13.7. The summed E-state index contributed by atoms with van der Waals surface area (Å²) in [5.74, 6) is -0.528. The Morgan fingerprint density at radius 2 is 1.63 bits per heavy atom. The number of thiazole rings is 1. The standard InChI is InChI=1S/C34H26N2O4S/c1-21-18-22(2)30-28(19-21)41-34(35-30)36-31(24-12-9-15-26(20-24)40-25-13-7-4-8-14-25)29(32(38)33(36)39)27(37)17-16-23-10-5-3-6-11-23/h3-20,31,38H,1-2H3. The molecule has 1 aliphatic rings. The number of ether oxygens (including phenoxy) is 1. The molecule has 0 saturated heterocycles. The Balaban J connectivity index is 1.45. The number of amides is 1. The Morgan fingerprint density at radius 1 is 0.927 bits per heavy atom. The molecule has 0 aliphatic carbocycles. The Bertz CT molecular complexity index is 1840. The van der Waals surface area contributed by atoms with Gasteiger partial charge in [-0.15, -0.1) is 0 Å². The second-order valence-electron chi connectivity index (χ2n) is 9.86. The van der Waals surface area contributed by atoms with E-state index < -0.39 is 23.5 Å². The first kappa shape index (κ1) is 26.2. The number of anilines is 1. The highest BCUT2D eigenvalue weighted by atomic mass is 32.1. The molecule has 0 fully saturated rings. The van der Waals surface area contributed by atoms with Crippen molar-refractivity contribution in [3.8, 4) is 11.5 Å². The van der Waals surface area contributed by atoms with Crippen molar-refractivity contribution in [3.05, 3.63) is 137 Å². The van der Waals surface area contributed by atoms with E-state index in [1.54, 1.807) is 18.2 Å². The summed E-state index contributed by atoms with van der Waals surface area (Å²) >= 11 is 1.35. The van der Waals surface area contributed by atoms with Gasteiger partial charge in [0.15, 0.2) is 16.7 Å². The Morgan fingerprint density at radius 3 is 2.39 bits per heavy atom. The summed E-state index contributed by atoms with van der Waals surface area (Å²) in [5.41, 5.74) is 4.29. The molecule has 1 aliphatic heterocycles. The van der Waals surface area contributed by atoms with Crippen molar-refractivity contribution in [2.45, 2.75) is 19.9 Å². The van der Waals surface area contributed by atoms with Gasteiger partial charge in [0, 0.05) is 0 Å². The molecule has 0 saturated carbocycles. The van der Waals surface area contributed by atoms with E-state index in [4.69, 9.17) is 9.72 Å². The van der Waals surface area contributed by atoms with Gasteiger partial charge in [-0.2, -0.15) is 0 Å². The number of hydrogen-bond donors (Lipinski definition) is 1. The predicted octanol–water partition coefficient (Wildman–Crippen LogP) is 7.89. The summed E-state index contributed by atoms with van der Waals surface area (Å²) < 4.78 is 6.98. The Labute approximate surface area is 241 Å². The third kappa shape index (κ3) is 5.15. The van der Waals surface area contributed by atoms with Crippen LogP contribution >= 0.6 is 11.3 Å². The summed E-state index contributed by atoms with van der Waals surface area (Å²) in [6.07, 6.45) is 3.06. The largest absolute Gasteiger partial charge is 0.503 e. The van der Waals surface area contributed by atoms with E-state index in [-0.39, 0.29) is 5.57 Å². The zero-order valence-electron chi connectivity index (χ0n) is 22.4. The minimum absolute atomic E-state index is 0.00815. The van der Waals surface area contributed by atoms with Crippen LogP contribution in [0.25, 0.3) is 16.3 Å². The second kappa shape index (κ2) is 10.9. The van der Waals surface area contributed by atoms with Gasteiger partial charge in [0.1, 0.15) is 11.5 Å². The molecule has 4 aromatic carbocycles. The maximum Gasteiger partial charge on any atom is 0.296 e. The summed E-state index contributed by atoms with van der Waals surface area (Å²) in [4.78, 5) is 33.5. The van der Waals surface area contributed by atoms with E-state index in [0.29, 0.717) is 22.2 Å². The van der Waals surface area contributed by atoms with Crippen molar-refractivity contribution in [2.24, 2.45) is 0 Å². The van der Waals surface area contributed by atoms with Gasteiger partial charge in [-0.1, -0.05) is 84.1 Å². The number of ketones is 1. The first-order valence-electron chi connectivity index (χ1n) is 13.1. The average molecular weight is 559 g/mol. The first-order chi connectivity index (χ1) is 19.9. The zero-order valence-corrected chi connectivity index (χ0v) is 23.3. The van der Waals surface area contributed by atoms with Crippen LogP contribution in [0.15, 0.2) is 114 Å². The fourth-order valence-electron chi connectivity index (χ4n) is 5.03. The number of para-hydroxylation sites is 1. The quantitative estimate of drug-likeness (QED) is 0.206. The lowest BCUT2D eigenvalue weighted by molar-refractivity contribution is -0.117.